The average molecular weight is 237 g/mol. The Morgan fingerprint density at radius 3 is 2.53 bits per heavy atom. The molecule has 0 aliphatic heterocycles. The average Bonchev–Trinajstić information content (AvgIpc) is 2.25. The van der Waals surface area contributed by atoms with E-state index in [-0.39, 0.29) is 11.3 Å². The first kappa shape index (κ1) is 13.2. The number of unbranched alkanes of at least 4 members (excludes halogenated alkanes) is 1. The Kier molecular flexibility index (Phi) is 4.20. The molecule has 0 unspecified atom stereocenters. The molecular formula is C12H15NO4. The van der Waals surface area contributed by atoms with Gasteiger partial charge in [0.15, 0.2) is 5.78 Å². The Morgan fingerprint density at radius 1 is 1.35 bits per heavy atom. The summed E-state index contributed by atoms with van der Waals surface area (Å²) in [6.45, 7) is 3.56. The summed E-state index contributed by atoms with van der Waals surface area (Å²) in [4.78, 5) is 36.3. The highest BCUT2D eigenvalue weighted by Gasteiger charge is 2.16. The van der Waals surface area contributed by atoms with Gasteiger partial charge in [-0.3, -0.25) is 9.59 Å². The molecule has 5 heteroatoms. The van der Waals surface area contributed by atoms with E-state index in [0.717, 1.165) is 18.9 Å². The minimum Gasteiger partial charge on any atom is -0.477 e. The third kappa shape index (κ3) is 3.03. The molecule has 5 nitrogen and oxygen atoms in total. The van der Waals surface area contributed by atoms with E-state index in [0.29, 0.717) is 12.1 Å². The molecule has 0 atom stereocenters. The molecule has 0 saturated carbocycles. The molecule has 0 aliphatic carbocycles. The fourth-order valence-electron chi connectivity index (χ4n) is 1.54. The number of aromatic carboxylic acids is 1. The quantitative estimate of drug-likeness (QED) is 0.764. The van der Waals surface area contributed by atoms with Gasteiger partial charge in [-0.05, 0) is 19.4 Å². The summed E-state index contributed by atoms with van der Waals surface area (Å²) in [5, 5.41) is 8.81. The van der Waals surface area contributed by atoms with Crippen molar-refractivity contribution in [1.82, 2.24) is 4.98 Å². The van der Waals surface area contributed by atoms with Crippen LogP contribution in [0.15, 0.2) is 10.9 Å². The van der Waals surface area contributed by atoms with Crippen LogP contribution in [0.5, 0.6) is 0 Å². The Labute approximate surface area is 98.5 Å². The molecule has 0 fully saturated rings. The van der Waals surface area contributed by atoms with Crippen LogP contribution in [0.1, 0.15) is 52.6 Å². The number of nitrogens with one attached hydrogen (secondary N) is 1. The number of pyridine rings is 1. The van der Waals surface area contributed by atoms with Crippen LogP contribution in [0.25, 0.3) is 0 Å². The minimum atomic E-state index is -1.32. The summed E-state index contributed by atoms with van der Waals surface area (Å²) in [6, 6.07) is 1.16. The zero-order valence-corrected chi connectivity index (χ0v) is 9.87. The normalized spacial score (nSPS) is 10.2. The maximum absolute atomic E-state index is 11.8. The van der Waals surface area contributed by atoms with E-state index in [1.165, 1.54) is 0 Å². The molecule has 0 amide bonds. The van der Waals surface area contributed by atoms with Crippen molar-refractivity contribution in [1.29, 1.82) is 0 Å². The number of H-pyrrole nitrogens is 1. The number of aromatic amines is 1. The van der Waals surface area contributed by atoms with E-state index in [1.54, 1.807) is 6.92 Å². The highest BCUT2D eigenvalue weighted by atomic mass is 16.4. The fraction of sp³-hybridized carbons (Fsp3) is 0.417. The van der Waals surface area contributed by atoms with E-state index in [1.807, 2.05) is 6.92 Å². The molecular weight excluding hydrogens is 222 g/mol. The topological polar surface area (TPSA) is 87.2 Å². The Morgan fingerprint density at radius 2 is 2.00 bits per heavy atom. The number of carboxylic acid groups (broad SMARTS) is 1. The van der Waals surface area contributed by atoms with Crippen molar-refractivity contribution in [2.45, 2.75) is 33.1 Å². The Balaban J connectivity index is 3.16. The van der Waals surface area contributed by atoms with Gasteiger partial charge in [0.2, 0.25) is 0 Å². The molecule has 1 aromatic heterocycles. The van der Waals surface area contributed by atoms with E-state index in [4.69, 9.17) is 5.11 Å². The highest BCUT2D eigenvalue weighted by Crippen LogP contribution is 2.10. The summed E-state index contributed by atoms with van der Waals surface area (Å²) < 4.78 is 0. The van der Waals surface area contributed by atoms with Crippen molar-refractivity contribution in [2.24, 2.45) is 0 Å². The van der Waals surface area contributed by atoms with E-state index in [9.17, 15) is 14.4 Å². The van der Waals surface area contributed by atoms with Crippen LogP contribution in [-0.4, -0.2) is 21.8 Å². The number of carbonyl (C=O) groups excluding carboxylic acids is 1. The third-order valence-corrected chi connectivity index (χ3v) is 2.53. The van der Waals surface area contributed by atoms with Gasteiger partial charge in [0, 0.05) is 17.7 Å². The van der Waals surface area contributed by atoms with Gasteiger partial charge in [0.25, 0.3) is 5.56 Å². The second kappa shape index (κ2) is 5.43. The number of rotatable bonds is 5. The third-order valence-electron chi connectivity index (χ3n) is 2.53. The number of aromatic nitrogens is 1. The molecule has 0 aromatic carbocycles. The number of hydrogen-bond acceptors (Lipinski definition) is 3. The zero-order chi connectivity index (χ0) is 13.0. The lowest BCUT2D eigenvalue weighted by Gasteiger charge is -2.05. The molecule has 0 saturated heterocycles. The van der Waals surface area contributed by atoms with E-state index >= 15 is 0 Å². The van der Waals surface area contributed by atoms with Crippen molar-refractivity contribution in [3.63, 3.8) is 0 Å². The van der Waals surface area contributed by atoms with Crippen molar-refractivity contribution >= 4 is 11.8 Å². The predicted molar refractivity (Wildman–Crippen MR) is 62.6 cm³/mol. The van der Waals surface area contributed by atoms with Gasteiger partial charge in [0.05, 0.1) is 0 Å². The van der Waals surface area contributed by atoms with Crippen LogP contribution in [0.4, 0.5) is 0 Å². The van der Waals surface area contributed by atoms with Gasteiger partial charge >= 0.3 is 5.97 Å². The summed E-state index contributed by atoms with van der Waals surface area (Å²) >= 11 is 0. The molecule has 17 heavy (non-hydrogen) atoms. The van der Waals surface area contributed by atoms with Crippen LogP contribution < -0.4 is 5.56 Å². The number of carbonyl (C=O) groups is 2. The lowest BCUT2D eigenvalue weighted by molar-refractivity contribution is 0.0695. The second-order valence-electron chi connectivity index (χ2n) is 3.88. The molecule has 0 aliphatic rings. The first-order valence-electron chi connectivity index (χ1n) is 5.47. The zero-order valence-electron chi connectivity index (χ0n) is 9.87. The summed E-state index contributed by atoms with van der Waals surface area (Å²) in [5.74, 6) is -1.46. The molecule has 1 heterocycles. The van der Waals surface area contributed by atoms with E-state index < -0.39 is 17.1 Å². The second-order valence-corrected chi connectivity index (χ2v) is 3.88. The maximum Gasteiger partial charge on any atom is 0.341 e. The van der Waals surface area contributed by atoms with Crippen molar-refractivity contribution in [3.05, 3.63) is 33.2 Å². The van der Waals surface area contributed by atoms with Crippen LogP contribution in [0.2, 0.25) is 0 Å². The molecule has 1 rings (SSSR count). The minimum absolute atomic E-state index is 0.136. The monoisotopic (exact) mass is 237 g/mol. The van der Waals surface area contributed by atoms with E-state index in [2.05, 4.69) is 4.98 Å². The summed E-state index contributed by atoms with van der Waals surface area (Å²) in [6.07, 6.45) is 2.00. The Hall–Kier alpha value is -1.91. The summed E-state index contributed by atoms with van der Waals surface area (Å²) in [5.41, 5.74) is -0.367. The first-order chi connectivity index (χ1) is 7.97. The van der Waals surface area contributed by atoms with Crippen molar-refractivity contribution in [3.8, 4) is 0 Å². The first-order valence-corrected chi connectivity index (χ1v) is 5.47. The maximum atomic E-state index is 11.8. The van der Waals surface area contributed by atoms with Crippen LogP contribution in [0, 0.1) is 6.92 Å². The lowest BCUT2D eigenvalue weighted by Crippen LogP contribution is -2.21. The van der Waals surface area contributed by atoms with Crippen LogP contribution >= 0.6 is 0 Å². The lowest BCUT2D eigenvalue weighted by atomic mass is 10.0. The van der Waals surface area contributed by atoms with Crippen molar-refractivity contribution < 1.29 is 14.7 Å². The number of Topliss-reactive ketones (excluding diaryl/α,β-unsaturated/α-hetero) is 1. The van der Waals surface area contributed by atoms with Gasteiger partial charge in [-0.25, -0.2) is 4.79 Å². The number of hydrogen-bond donors (Lipinski definition) is 2. The standard InChI is InChI=1S/C12H15NO4/c1-3-4-5-10(14)8-6-9(12(16)17)11(15)13-7(8)2/h6H,3-5H2,1-2H3,(H,13,15)(H,16,17). The number of aryl methyl sites for hydroxylation is 1. The molecule has 0 radical (unpaired) electrons. The number of ketones is 1. The fourth-order valence-corrected chi connectivity index (χ4v) is 1.54. The van der Waals surface area contributed by atoms with Crippen molar-refractivity contribution in [2.75, 3.05) is 0 Å². The van der Waals surface area contributed by atoms with Gasteiger partial charge < -0.3 is 10.1 Å². The molecule has 1 aromatic rings. The largest absolute Gasteiger partial charge is 0.477 e. The Bertz CT molecular complexity index is 502. The van der Waals surface area contributed by atoms with Crippen LogP contribution in [-0.2, 0) is 0 Å². The molecule has 0 bridgehead atoms. The molecule has 0 spiro atoms. The smallest absolute Gasteiger partial charge is 0.341 e. The number of carboxylic acids is 1. The van der Waals surface area contributed by atoms with Gasteiger partial charge in [0.1, 0.15) is 5.56 Å². The highest BCUT2D eigenvalue weighted by molar-refractivity contribution is 5.99. The predicted octanol–water partition coefficient (Wildman–Crippen LogP) is 1.75. The summed E-state index contributed by atoms with van der Waals surface area (Å²) in [7, 11) is 0. The SMILES string of the molecule is CCCCC(=O)c1cc(C(=O)O)c(=O)[nH]c1C. The van der Waals surface area contributed by atoms with Gasteiger partial charge in [-0.15, -0.1) is 0 Å². The van der Waals surface area contributed by atoms with Gasteiger partial charge in [-0.2, -0.15) is 0 Å². The molecule has 2 N–H and O–H groups in total. The van der Waals surface area contributed by atoms with Gasteiger partial charge in [-0.1, -0.05) is 13.3 Å². The van der Waals surface area contributed by atoms with Crippen LogP contribution in [0.3, 0.4) is 0 Å². The molecule has 92 valence electrons.